The molecule has 1 aromatic carbocycles. The lowest BCUT2D eigenvalue weighted by Crippen LogP contribution is -2.24. The zero-order valence-electron chi connectivity index (χ0n) is 12.4. The van der Waals surface area contributed by atoms with Crippen molar-refractivity contribution in [2.75, 3.05) is 11.1 Å². The van der Waals surface area contributed by atoms with Crippen molar-refractivity contribution < 1.29 is 18.0 Å². The maximum absolute atomic E-state index is 12.1. The summed E-state index contributed by atoms with van der Waals surface area (Å²) in [6.45, 7) is 0. The van der Waals surface area contributed by atoms with Crippen LogP contribution in [0.4, 0.5) is 5.13 Å². The van der Waals surface area contributed by atoms with Gasteiger partial charge in [0.05, 0.1) is 17.9 Å². The molecule has 0 fully saturated rings. The van der Waals surface area contributed by atoms with Crippen molar-refractivity contribution in [1.29, 1.82) is 0 Å². The highest BCUT2D eigenvalue weighted by molar-refractivity contribution is 9.10. The zero-order chi connectivity index (χ0) is 17.7. The molecule has 0 aliphatic heterocycles. The molecule has 2 amide bonds. The van der Waals surface area contributed by atoms with Crippen LogP contribution in [-0.2, 0) is 31.6 Å². The quantitative estimate of drug-likeness (QED) is 0.687. The SMILES string of the molecule is NC(=O)Cc1csc(NC(=O)CS(=O)(=O)Cc2cccc(Br)c2)n1. The van der Waals surface area contributed by atoms with E-state index < -0.39 is 27.4 Å². The number of anilines is 1. The first kappa shape index (κ1) is 18.6. The van der Waals surface area contributed by atoms with E-state index in [4.69, 9.17) is 5.73 Å². The van der Waals surface area contributed by atoms with Gasteiger partial charge in [0.25, 0.3) is 0 Å². The van der Waals surface area contributed by atoms with Gasteiger partial charge in [0.2, 0.25) is 11.8 Å². The fourth-order valence-corrected chi connectivity index (χ4v) is 4.35. The molecule has 0 saturated heterocycles. The van der Waals surface area contributed by atoms with Gasteiger partial charge in [0.15, 0.2) is 15.0 Å². The molecule has 0 unspecified atom stereocenters. The van der Waals surface area contributed by atoms with E-state index in [-0.39, 0.29) is 17.3 Å². The van der Waals surface area contributed by atoms with Crippen LogP contribution in [0.25, 0.3) is 0 Å². The van der Waals surface area contributed by atoms with Gasteiger partial charge in [-0.2, -0.15) is 0 Å². The molecular weight excluding hydrogens is 418 g/mol. The number of primary amides is 1. The number of carbonyl (C=O) groups is 2. The third kappa shape index (κ3) is 6.02. The highest BCUT2D eigenvalue weighted by Crippen LogP contribution is 2.17. The van der Waals surface area contributed by atoms with Crippen molar-refractivity contribution >= 4 is 54.0 Å². The molecule has 24 heavy (non-hydrogen) atoms. The van der Waals surface area contributed by atoms with E-state index in [1.165, 1.54) is 0 Å². The maximum atomic E-state index is 12.1. The minimum Gasteiger partial charge on any atom is -0.369 e. The fraction of sp³-hybridized carbons (Fsp3) is 0.214. The molecule has 0 radical (unpaired) electrons. The summed E-state index contributed by atoms with van der Waals surface area (Å²) in [5.41, 5.74) is 6.08. The number of hydrogen-bond acceptors (Lipinski definition) is 6. The number of hydrogen-bond donors (Lipinski definition) is 2. The predicted octanol–water partition coefficient (Wildman–Crippen LogP) is 1.49. The summed E-state index contributed by atoms with van der Waals surface area (Å²) in [5.74, 6) is -2.09. The fourth-order valence-electron chi connectivity index (χ4n) is 1.91. The number of aromatic nitrogens is 1. The van der Waals surface area contributed by atoms with Crippen molar-refractivity contribution in [3.63, 3.8) is 0 Å². The van der Waals surface area contributed by atoms with Crippen LogP contribution in [0.5, 0.6) is 0 Å². The van der Waals surface area contributed by atoms with E-state index in [1.807, 2.05) is 0 Å². The molecule has 0 bridgehead atoms. The summed E-state index contributed by atoms with van der Waals surface area (Å²) in [5, 5.41) is 4.23. The lowest BCUT2D eigenvalue weighted by Gasteiger charge is -2.05. The number of nitrogens with zero attached hydrogens (tertiary/aromatic N) is 1. The van der Waals surface area contributed by atoms with Crippen LogP contribution < -0.4 is 11.1 Å². The van der Waals surface area contributed by atoms with Crippen LogP contribution in [0.3, 0.4) is 0 Å². The standard InChI is InChI=1S/C14H14BrN3O4S2/c15-10-3-1-2-9(4-10)7-24(21,22)8-13(20)18-14-17-11(6-23-14)5-12(16)19/h1-4,6H,5,7-8H2,(H2,16,19)(H,17,18,20). The van der Waals surface area contributed by atoms with Crippen LogP contribution in [0.1, 0.15) is 11.3 Å². The lowest BCUT2D eigenvalue weighted by molar-refractivity contribution is -0.117. The van der Waals surface area contributed by atoms with Gasteiger partial charge >= 0.3 is 0 Å². The summed E-state index contributed by atoms with van der Waals surface area (Å²) < 4.78 is 25.0. The first-order valence-electron chi connectivity index (χ1n) is 6.71. The normalized spacial score (nSPS) is 11.2. The first-order chi connectivity index (χ1) is 11.2. The molecule has 1 aromatic heterocycles. The molecule has 10 heteroatoms. The van der Waals surface area contributed by atoms with Crippen molar-refractivity contribution in [1.82, 2.24) is 4.98 Å². The third-order valence-corrected chi connectivity index (χ3v) is 5.56. The third-order valence-electron chi connectivity index (χ3n) is 2.78. The van der Waals surface area contributed by atoms with E-state index in [0.717, 1.165) is 15.8 Å². The number of thiazole rings is 1. The van der Waals surface area contributed by atoms with Crippen LogP contribution in [0.2, 0.25) is 0 Å². The summed E-state index contributed by atoms with van der Waals surface area (Å²) in [6, 6.07) is 6.88. The van der Waals surface area contributed by atoms with E-state index in [9.17, 15) is 18.0 Å². The monoisotopic (exact) mass is 431 g/mol. The molecule has 0 spiro atoms. The van der Waals surface area contributed by atoms with E-state index >= 15 is 0 Å². The van der Waals surface area contributed by atoms with Gasteiger partial charge in [-0.15, -0.1) is 11.3 Å². The largest absolute Gasteiger partial charge is 0.369 e. The Morgan fingerprint density at radius 1 is 1.33 bits per heavy atom. The highest BCUT2D eigenvalue weighted by atomic mass is 79.9. The Morgan fingerprint density at radius 3 is 2.75 bits per heavy atom. The van der Waals surface area contributed by atoms with Crippen molar-refractivity contribution in [2.24, 2.45) is 5.73 Å². The molecule has 3 N–H and O–H groups in total. The van der Waals surface area contributed by atoms with Gasteiger partial charge < -0.3 is 11.1 Å². The topological polar surface area (TPSA) is 119 Å². The zero-order valence-corrected chi connectivity index (χ0v) is 15.6. The van der Waals surface area contributed by atoms with Gasteiger partial charge in [-0.25, -0.2) is 13.4 Å². The summed E-state index contributed by atoms with van der Waals surface area (Å²) in [6.07, 6.45) is -0.0342. The smallest absolute Gasteiger partial charge is 0.241 e. The van der Waals surface area contributed by atoms with Gasteiger partial charge in [-0.05, 0) is 17.7 Å². The molecule has 0 aliphatic carbocycles. The number of rotatable bonds is 7. The average Bonchev–Trinajstić information content (AvgIpc) is 2.83. The van der Waals surface area contributed by atoms with E-state index in [2.05, 4.69) is 26.2 Å². The van der Waals surface area contributed by atoms with Gasteiger partial charge in [-0.1, -0.05) is 28.1 Å². The van der Waals surface area contributed by atoms with E-state index in [1.54, 1.807) is 29.6 Å². The number of amides is 2. The Bertz CT molecular complexity index is 864. The van der Waals surface area contributed by atoms with Crippen LogP contribution in [0, 0.1) is 0 Å². The van der Waals surface area contributed by atoms with Crippen LogP contribution in [-0.4, -0.2) is 31.0 Å². The Hall–Kier alpha value is -1.78. The second-order valence-electron chi connectivity index (χ2n) is 5.00. The second kappa shape index (κ2) is 7.86. The van der Waals surface area contributed by atoms with Gasteiger partial charge in [-0.3, -0.25) is 9.59 Å². The number of sulfone groups is 1. The molecule has 0 aliphatic rings. The summed E-state index contributed by atoms with van der Waals surface area (Å²) >= 11 is 4.37. The maximum Gasteiger partial charge on any atom is 0.241 e. The van der Waals surface area contributed by atoms with Crippen molar-refractivity contribution in [2.45, 2.75) is 12.2 Å². The molecular formula is C14H14BrN3O4S2. The first-order valence-corrected chi connectivity index (χ1v) is 10.2. The summed E-state index contributed by atoms with van der Waals surface area (Å²) in [7, 11) is -3.61. The molecule has 2 aromatic rings. The molecule has 1 heterocycles. The second-order valence-corrected chi connectivity index (χ2v) is 8.84. The van der Waals surface area contributed by atoms with Gasteiger partial charge in [0, 0.05) is 9.85 Å². The summed E-state index contributed by atoms with van der Waals surface area (Å²) in [4.78, 5) is 26.7. The molecule has 2 rings (SSSR count). The lowest BCUT2D eigenvalue weighted by atomic mass is 10.2. The average molecular weight is 432 g/mol. The molecule has 7 nitrogen and oxygen atoms in total. The van der Waals surface area contributed by atoms with Crippen LogP contribution >= 0.6 is 27.3 Å². The predicted molar refractivity (Wildman–Crippen MR) is 95.3 cm³/mol. The van der Waals surface area contributed by atoms with E-state index in [0.29, 0.717) is 11.3 Å². The Morgan fingerprint density at radius 2 is 2.08 bits per heavy atom. The Labute approximate surface area is 151 Å². The van der Waals surface area contributed by atoms with Crippen molar-refractivity contribution in [3.05, 3.63) is 45.4 Å². The number of benzene rings is 1. The van der Waals surface area contributed by atoms with Crippen LogP contribution in [0.15, 0.2) is 34.1 Å². The van der Waals surface area contributed by atoms with Gasteiger partial charge in [0.1, 0.15) is 5.75 Å². The number of nitrogens with one attached hydrogen (secondary N) is 1. The minimum absolute atomic E-state index is 0.0342. The van der Waals surface area contributed by atoms with Crippen molar-refractivity contribution in [3.8, 4) is 0 Å². The highest BCUT2D eigenvalue weighted by Gasteiger charge is 2.18. The molecule has 0 atom stereocenters. The number of nitrogens with two attached hydrogens (primary N) is 1. The number of halogens is 1. The number of carbonyl (C=O) groups excluding carboxylic acids is 2. The minimum atomic E-state index is -3.61. The Balaban J connectivity index is 1.95. The molecule has 128 valence electrons. The molecule has 0 saturated carbocycles. The Kier molecular flexibility index (Phi) is 6.08.